The average Bonchev–Trinajstić information content (AvgIpc) is 3.19. The first-order valence-corrected chi connectivity index (χ1v) is 9.40. The van der Waals surface area contributed by atoms with Crippen molar-refractivity contribution >= 4 is 49.8 Å². The molecule has 0 spiro atoms. The second-order valence-electron chi connectivity index (χ2n) is 5.58. The molecule has 1 atom stereocenters. The number of thiophene rings is 1. The van der Waals surface area contributed by atoms with Crippen molar-refractivity contribution in [2.75, 3.05) is 5.32 Å². The molecule has 136 valence electrons. The van der Waals surface area contributed by atoms with Crippen molar-refractivity contribution in [1.82, 2.24) is 19.7 Å². The predicted octanol–water partition coefficient (Wildman–Crippen LogP) is 1.48. The Hall–Kier alpha value is -2.66. The molecule has 0 saturated heterocycles. The maximum absolute atomic E-state index is 12.8. The third kappa shape index (κ3) is 3.10. The first-order chi connectivity index (χ1) is 12.3. The minimum Gasteiger partial charge on any atom is -0.365 e. The molecule has 3 heterocycles. The minimum atomic E-state index is -0.815. The van der Waals surface area contributed by atoms with Crippen molar-refractivity contribution in [2.24, 2.45) is 5.73 Å². The smallest absolute Gasteiger partial charge is 0.263 e. The van der Waals surface area contributed by atoms with E-state index in [0.29, 0.717) is 25.8 Å². The number of hydrogen-bond donors (Lipinski definition) is 2. The van der Waals surface area contributed by atoms with E-state index in [2.05, 4.69) is 20.5 Å². The number of nitrogens with one attached hydrogen (secondary N) is 1. The first kappa shape index (κ1) is 18.1. The van der Waals surface area contributed by atoms with E-state index < -0.39 is 23.4 Å². The van der Waals surface area contributed by atoms with Gasteiger partial charge < -0.3 is 5.73 Å². The first-order valence-electron chi connectivity index (χ1n) is 7.76. The third-order valence-electron chi connectivity index (χ3n) is 3.90. The van der Waals surface area contributed by atoms with Crippen LogP contribution in [0.1, 0.15) is 40.1 Å². The summed E-state index contributed by atoms with van der Waals surface area (Å²) in [6, 6.07) is -0.815. The molecule has 0 aromatic carbocycles. The topological polar surface area (TPSA) is 133 Å². The fraction of sp³-hybridized carbons (Fsp3) is 0.333. The third-order valence-corrected chi connectivity index (χ3v) is 6.09. The van der Waals surface area contributed by atoms with E-state index in [-0.39, 0.29) is 0 Å². The van der Waals surface area contributed by atoms with E-state index in [9.17, 15) is 14.4 Å². The zero-order chi connectivity index (χ0) is 19.0. The van der Waals surface area contributed by atoms with Crippen molar-refractivity contribution in [1.29, 1.82) is 0 Å². The summed E-state index contributed by atoms with van der Waals surface area (Å²) in [5.41, 5.74) is 5.42. The Labute approximate surface area is 155 Å². The summed E-state index contributed by atoms with van der Waals surface area (Å²) in [7, 11) is 0. The van der Waals surface area contributed by atoms with Gasteiger partial charge in [0.05, 0.1) is 16.6 Å². The van der Waals surface area contributed by atoms with E-state index in [1.54, 1.807) is 13.8 Å². The van der Waals surface area contributed by atoms with Crippen molar-refractivity contribution in [2.45, 2.75) is 33.2 Å². The number of primary amides is 1. The zero-order valence-corrected chi connectivity index (χ0v) is 15.9. The number of nitrogens with two attached hydrogens (primary N) is 1. The molecule has 0 bridgehead atoms. The Kier molecular flexibility index (Phi) is 4.83. The van der Waals surface area contributed by atoms with Gasteiger partial charge in [-0.3, -0.25) is 24.3 Å². The number of amides is 2. The largest absolute Gasteiger partial charge is 0.365 e. The van der Waals surface area contributed by atoms with E-state index in [0.717, 1.165) is 22.8 Å². The molecule has 26 heavy (non-hydrogen) atoms. The van der Waals surface area contributed by atoms with E-state index in [1.165, 1.54) is 22.2 Å². The van der Waals surface area contributed by atoms with Crippen molar-refractivity contribution in [3.05, 3.63) is 32.1 Å². The van der Waals surface area contributed by atoms with Gasteiger partial charge in [0.1, 0.15) is 15.9 Å². The van der Waals surface area contributed by atoms with Crippen LogP contribution in [0.3, 0.4) is 0 Å². The summed E-state index contributed by atoms with van der Waals surface area (Å²) in [5, 5.41) is 12.0. The second kappa shape index (κ2) is 6.92. The molecule has 0 radical (unpaired) electrons. The Balaban J connectivity index is 1.95. The lowest BCUT2D eigenvalue weighted by atomic mass is 10.2. The van der Waals surface area contributed by atoms with E-state index >= 15 is 0 Å². The van der Waals surface area contributed by atoms with Crippen LogP contribution >= 0.6 is 22.7 Å². The maximum Gasteiger partial charge on any atom is 0.263 e. The number of hydrogen-bond acceptors (Lipinski definition) is 8. The van der Waals surface area contributed by atoms with Crippen LogP contribution in [0.5, 0.6) is 0 Å². The number of aryl methyl sites for hydroxylation is 2. The highest BCUT2D eigenvalue weighted by Gasteiger charge is 2.22. The molecule has 0 aliphatic heterocycles. The molecule has 2 amide bonds. The molecule has 3 aromatic heterocycles. The fourth-order valence-corrected chi connectivity index (χ4v) is 4.11. The van der Waals surface area contributed by atoms with Crippen LogP contribution in [0.25, 0.3) is 10.2 Å². The molecule has 0 aliphatic rings. The van der Waals surface area contributed by atoms with Crippen LogP contribution in [0, 0.1) is 6.92 Å². The number of rotatable bonds is 5. The number of carbonyl (C=O) groups excluding carboxylic acids is 2. The molecule has 3 rings (SSSR count). The highest BCUT2D eigenvalue weighted by atomic mass is 32.1. The minimum absolute atomic E-state index is 0.292. The molecule has 3 N–H and O–H groups in total. The maximum atomic E-state index is 12.8. The normalized spacial score (nSPS) is 12.3. The highest BCUT2D eigenvalue weighted by molar-refractivity contribution is 7.20. The van der Waals surface area contributed by atoms with Crippen molar-refractivity contribution in [3.63, 3.8) is 0 Å². The molecular weight excluding hydrogens is 376 g/mol. The molecule has 11 heteroatoms. The second-order valence-corrected chi connectivity index (χ2v) is 7.64. The zero-order valence-electron chi connectivity index (χ0n) is 14.3. The Morgan fingerprint density at radius 3 is 2.69 bits per heavy atom. The quantitative estimate of drug-likeness (QED) is 0.676. The lowest BCUT2D eigenvalue weighted by Crippen LogP contribution is -2.31. The van der Waals surface area contributed by atoms with Gasteiger partial charge in [-0.2, -0.15) is 0 Å². The number of anilines is 1. The number of nitrogens with zero attached hydrogens (tertiary/aromatic N) is 4. The molecule has 1 unspecified atom stereocenters. The summed E-state index contributed by atoms with van der Waals surface area (Å²) in [4.78, 5) is 41.7. The standard InChI is InChI=1S/C15H16N6O3S2/c1-4-8-19-20-15(25-8)18-12(23)7(3)21-5-17-13-9(14(21)24)6(2)10(26-13)11(16)22/h5,7H,4H2,1-3H3,(H2,16,22)(H,18,20,23). The summed E-state index contributed by atoms with van der Waals surface area (Å²) >= 11 is 2.35. The van der Waals surface area contributed by atoms with Crippen LogP contribution in [0.4, 0.5) is 5.13 Å². The van der Waals surface area contributed by atoms with Gasteiger partial charge in [-0.1, -0.05) is 18.3 Å². The fourth-order valence-electron chi connectivity index (χ4n) is 2.43. The molecule has 0 saturated carbocycles. The van der Waals surface area contributed by atoms with Gasteiger partial charge in [-0.05, 0) is 25.8 Å². The summed E-state index contributed by atoms with van der Waals surface area (Å²) in [6.45, 7) is 5.17. The number of carbonyl (C=O) groups is 2. The van der Waals surface area contributed by atoms with Crippen LogP contribution < -0.4 is 16.6 Å². The Morgan fingerprint density at radius 1 is 1.35 bits per heavy atom. The van der Waals surface area contributed by atoms with Gasteiger partial charge in [0.25, 0.3) is 11.5 Å². The lowest BCUT2D eigenvalue weighted by molar-refractivity contribution is -0.118. The van der Waals surface area contributed by atoms with Gasteiger partial charge in [0.15, 0.2) is 0 Å². The number of aromatic nitrogens is 4. The molecule has 0 fully saturated rings. The van der Waals surface area contributed by atoms with Crippen molar-refractivity contribution in [3.8, 4) is 0 Å². The average molecular weight is 392 g/mol. The summed E-state index contributed by atoms with van der Waals surface area (Å²) in [6.07, 6.45) is 2.02. The monoisotopic (exact) mass is 392 g/mol. The lowest BCUT2D eigenvalue weighted by Gasteiger charge is -2.13. The van der Waals surface area contributed by atoms with E-state index in [4.69, 9.17) is 5.73 Å². The van der Waals surface area contributed by atoms with Gasteiger partial charge in [-0.25, -0.2) is 4.98 Å². The SMILES string of the molecule is CCc1nnc(NC(=O)C(C)n2cnc3sc(C(N)=O)c(C)c3c2=O)s1. The van der Waals surface area contributed by atoms with Crippen LogP contribution in [-0.2, 0) is 11.2 Å². The van der Waals surface area contributed by atoms with E-state index in [1.807, 2.05) is 6.92 Å². The van der Waals surface area contributed by atoms with Gasteiger partial charge >= 0.3 is 0 Å². The van der Waals surface area contributed by atoms with Crippen LogP contribution in [0.15, 0.2) is 11.1 Å². The Bertz CT molecular complexity index is 1070. The molecule has 3 aromatic rings. The molecule has 0 aliphatic carbocycles. The summed E-state index contributed by atoms with van der Waals surface area (Å²) < 4.78 is 1.23. The molecule has 9 nitrogen and oxygen atoms in total. The highest BCUT2D eigenvalue weighted by Crippen LogP contribution is 2.26. The van der Waals surface area contributed by atoms with Gasteiger partial charge in [0, 0.05) is 0 Å². The predicted molar refractivity (Wildman–Crippen MR) is 99.8 cm³/mol. The van der Waals surface area contributed by atoms with Crippen molar-refractivity contribution < 1.29 is 9.59 Å². The molecular formula is C15H16N6O3S2. The van der Waals surface area contributed by atoms with Crippen LogP contribution in [-0.4, -0.2) is 31.6 Å². The summed E-state index contributed by atoms with van der Waals surface area (Å²) in [5.74, 6) is -1.01. The Morgan fingerprint density at radius 2 is 2.08 bits per heavy atom. The van der Waals surface area contributed by atoms with Crippen LogP contribution in [0.2, 0.25) is 0 Å². The van der Waals surface area contributed by atoms with Gasteiger partial charge in [-0.15, -0.1) is 21.5 Å². The number of fused-ring (bicyclic) bond motifs is 1. The van der Waals surface area contributed by atoms with Gasteiger partial charge in [0.2, 0.25) is 11.0 Å².